The number of rotatable bonds is 9. The van der Waals surface area contributed by atoms with Crippen LogP contribution in [0.25, 0.3) is 0 Å². The standard InChI is InChI=1S/C14H23N/c1-6-9-10-11-12-15(13(4)7-2)14(5)8-3/h7-8H,2-6,9-12H2,1H3. The maximum Gasteiger partial charge on any atom is 0.0331 e. The van der Waals surface area contributed by atoms with Crippen molar-refractivity contribution in [1.82, 2.24) is 4.90 Å². The van der Waals surface area contributed by atoms with E-state index >= 15 is 0 Å². The van der Waals surface area contributed by atoms with Crippen LogP contribution in [0.15, 0.2) is 49.9 Å². The van der Waals surface area contributed by atoms with Gasteiger partial charge in [0.25, 0.3) is 0 Å². The highest BCUT2D eigenvalue weighted by Crippen LogP contribution is 2.13. The van der Waals surface area contributed by atoms with Gasteiger partial charge in [0.05, 0.1) is 0 Å². The lowest BCUT2D eigenvalue weighted by Crippen LogP contribution is -2.20. The van der Waals surface area contributed by atoms with E-state index in [1.165, 1.54) is 19.3 Å². The Morgan fingerprint density at radius 3 is 1.93 bits per heavy atom. The van der Waals surface area contributed by atoms with Gasteiger partial charge < -0.3 is 4.90 Å². The van der Waals surface area contributed by atoms with E-state index in [2.05, 4.69) is 38.1 Å². The molecule has 0 fully saturated rings. The number of allylic oxidation sites excluding steroid dienone is 2. The second-order valence-electron chi connectivity index (χ2n) is 3.60. The fourth-order valence-electron chi connectivity index (χ4n) is 1.39. The summed E-state index contributed by atoms with van der Waals surface area (Å²) in [5.74, 6) is 0. The molecule has 0 radical (unpaired) electrons. The monoisotopic (exact) mass is 205 g/mol. The first-order chi connectivity index (χ1) is 7.17. The van der Waals surface area contributed by atoms with Gasteiger partial charge in [-0.2, -0.15) is 0 Å². The number of nitrogens with zero attached hydrogens (tertiary/aromatic N) is 1. The Kier molecular flexibility index (Phi) is 7.43. The fourth-order valence-corrected chi connectivity index (χ4v) is 1.39. The summed E-state index contributed by atoms with van der Waals surface area (Å²) in [5.41, 5.74) is 1.80. The summed E-state index contributed by atoms with van der Waals surface area (Å²) in [6.07, 6.45) is 8.47. The fraction of sp³-hybridized carbons (Fsp3) is 0.429. The maximum atomic E-state index is 3.94. The van der Waals surface area contributed by atoms with Crippen LogP contribution in [-0.2, 0) is 0 Å². The van der Waals surface area contributed by atoms with Crippen LogP contribution in [0.1, 0.15) is 32.6 Å². The molecule has 0 unspecified atom stereocenters. The number of unbranched alkanes of at least 4 members (excludes halogenated alkanes) is 3. The molecule has 0 bridgehead atoms. The zero-order chi connectivity index (χ0) is 11.7. The summed E-state index contributed by atoms with van der Waals surface area (Å²) in [6.45, 7) is 18.5. The molecule has 1 nitrogen and oxygen atoms in total. The van der Waals surface area contributed by atoms with Crippen molar-refractivity contribution in [2.45, 2.75) is 32.6 Å². The van der Waals surface area contributed by atoms with Gasteiger partial charge in [0.1, 0.15) is 0 Å². The van der Waals surface area contributed by atoms with E-state index in [9.17, 15) is 0 Å². The highest BCUT2D eigenvalue weighted by Gasteiger charge is 2.05. The van der Waals surface area contributed by atoms with E-state index in [4.69, 9.17) is 0 Å². The molecule has 0 rings (SSSR count). The minimum absolute atomic E-state index is 0.899. The molecular formula is C14H23N. The number of hydrogen-bond acceptors (Lipinski definition) is 1. The maximum absolute atomic E-state index is 3.94. The minimum Gasteiger partial charge on any atom is -0.343 e. The van der Waals surface area contributed by atoms with Gasteiger partial charge in [-0.3, -0.25) is 0 Å². The Morgan fingerprint density at radius 2 is 1.53 bits per heavy atom. The third kappa shape index (κ3) is 5.26. The molecule has 0 aliphatic carbocycles. The van der Waals surface area contributed by atoms with Gasteiger partial charge >= 0.3 is 0 Å². The van der Waals surface area contributed by atoms with Gasteiger partial charge in [0, 0.05) is 17.9 Å². The summed E-state index contributed by atoms with van der Waals surface area (Å²) in [5, 5.41) is 0. The molecule has 0 aliphatic heterocycles. The Labute approximate surface area is 94.5 Å². The molecule has 0 aromatic rings. The molecule has 0 heterocycles. The molecule has 15 heavy (non-hydrogen) atoms. The van der Waals surface area contributed by atoms with Crippen LogP contribution in [0.5, 0.6) is 0 Å². The molecule has 0 spiro atoms. The first kappa shape index (κ1) is 13.8. The van der Waals surface area contributed by atoms with E-state index in [1.807, 2.05) is 0 Å². The molecular weight excluding hydrogens is 182 g/mol. The van der Waals surface area contributed by atoms with Gasteiger partial charge in [-0.25, -0.2) is 0 Å². The molecule has 0 aliphatic rings. The van der Waals surface area contributed by atoms with E-state index in [-0.39, 0.29) is 0 Å². The molecule has 0 N–H and O–H groups in total. The van der Waals surface area contributed by atoms with Crippen molar-refractivity contribution < 1.29 is 0 Å². The molecule has 0 aromatic heterocycles. The quantitative estimate of drug-likeness (QED) is 0.401. The lowest BCUT2D eigenvalue weighted by atomic mass is 10.2. The summed E-state index contributed by atoms with van der Waals surface area (Å²) < 4.78 is 0. The van der Waals surface area contributed by atoms with E-state index in [0.717, 1.165) is 24.4 Å². The van der Waals surface area contributed by atoms with Crippen molar-refractivity contribution in [3.8, 4) is 0 Å². The first-order valence-electron chi connectivity index (χ1n) is 5.57. The largest absolute Gasteiger partial charge is 0.343 e. The van der Waals surface area contributed by atoms with Gasteiger partial charge in [-0.15, -0.1) is 0 Å². The Balaban J connectivity index is 4.13. The second kappa shape index (κ2) is 8.10. The Morgan fingerprint density at radius 1 is 1.00 bits per heavy atom. The predicted molar refractivity (Wildman–Crippen MR) is 69.5 cm³/mol. The lowest BCUT2D eigenvalue weighted by molar-refractivity contribution is 0.432. The second-order valence-corrected chi connectivity index (χ2v) is 3.60. The summed E-state index contributed by atoms with van der Waals surface area (Å²) in [7, 11) is 0. The van der Waals surface area contributed by atoms with Gasteiger partial charge in [0.15, 0.2) is 0 Å². The Hall–Kier alpha value is -1.24. The number of hydrogen-bond donors (Lipinski definition) is 0. The molecule has 0 saturated carbocycles. The lowest BCUT2D eigenvalue weighted by Gasteiger charge is -2.25. The van der Waals surface area contributed by atoms with Crippen LogP contribution in [0.3, 0.4) is 0 Å². The molecule has 0 amide bonds. The molecule has 0 saturated heterocycles. The van der Waals surface area contributed by atoms with Crippen molar-refractivity contribution in [2.75, 3.05) is 6.54 Å². The average Bonchev–Trinajstić information content (AvgIpc) is 2.27. The third-order valence-electron chi connectivity index (χ3n) is 2.40. The van der Waals surface area contributed by atoms with Crippen LogP contribution in [0.4, 0.5) is 0 Å². The Bertz CT molecular complexity index is 218. The van der Waals surface area contributed by atoms with Crippen LogP contribution in [0.2, 0.25) is 0 Å². The van der Waals surface area contributed by atoms with E-state index in [1.54, 1.807) is 12.2 Å². The van der Waals surface area contributed by atoms with Crippen molar-refractivity contribution >= 4 is 0 Å². The topological polar surface area (TPSA) is 3.24 Å². The molecule has 0 atom stereocenters. The molecule has 1 heteroatoms. The SMILES string of the molecule is C=CC(=C)N(CCCCCC)C(=C)C=C. The van der Waals surface area contributed by atoms with Gasteiger partial charge in [-0.1, -0.05) is 52.5 Å². The zero-order valence-corrected chi connectivity index (χ0v) is 9.97. The van der Waals surface area contributed by atoms with Crippen molar-refractivity contribution in [2.24, 2.45) is 0 Å². The van der Waals surface area contributed by atoms with Crippen molar-refractivity contribution in [3.63, 3.8) is 0 Å². The molecule has 0 aromatic carbocycles. The van der Waals surface area contributed by atoms with E-state index < -0.39 is 0 Å². The van der Waals surface area contributed by atoms with Gasteiger partial charge in [0.2, 0.25) is 0 Å². The summed E-state index contributed by atoms with van der Waals surface area (Å²) >= 11 is 0. The smallest absolute Gasteiger partial charge is 0.0331 e. The minimum atomic E-state index is 0.899. The normalized spacial score (nSPS) is 9.40. The first-order valence-corrected chi connectivity index (χ1v) is 5.57. The summed E-state index contributed by atoms with van der Waals surface area (Å²) in [6, 6.07) is 0. The zero-order valence-electron chi connectivity index (χ0n) is 9.97. The highest BCUT2D eigenvalue weighted by molar-refractivity contribution is 5.22. The van der Waals surface area contributed by atoms with E-state index in [0.29, 0.717) is 0 Å². The van der Waals surface area contributed by atoms with Crippen LogP contribution in [-0.4, -0.2) is 11.4 Å². The summed E-state index contributed by atoms with van der Waals surface area (Å²) in [4.78, 5) is 2.07. The van der Waals surface area contributed by atoms with Crippen LogP contribution in [0, 0.1) is 0 Å². The van der Waals surface area contributed by atoms with Crippen LogP contribution >= 0.6 is 0 Å². The van der Waals surface area contributed by atoms with Crippen molar-refractivity contribution in [1.29, 1.82) is 0 Å². The highest BCUT2D eigenvalue weighted by atomic mass is 15.1. The van der Waals surface area contributed by atoms with Crippen LogP contribution < -0.4 is 0 Å². The van der Waals surface area contributed by atoms with Gasteiger partial charge in [-0.05, 0) is 18.6 Å². The molecule has 84 valence electrons. The third-order valence-corrected chi connectivity index (χ3v) is 2.40. The average molecular weight is 205 g/mol. The van der Waals surface area contributed by atoms with Crippen molar-refractivity contribution in [3.05, 3.63) is 49.9 Å². The predicted octanol–water partition coefficient (Wildman–Crippen LogP) is 4.27.